The van der Waals surface area contributed by atoms with Crippen molar-refractivity contribution in [2.24, 2.45) is 0 Å². The molecule has 1 N–H and O–H groups in total. The summed E-state index contributed by atoms with van der Waals surface area (Å²) >= 11 is 11.4. The Hall–Kier alpha value is -0.930. The van der Waals surface area contributed by atoms with Gasteiger partial charge < -0.3 is 10.1 Å². The number of carbonyl (C=O) groups is 1. The molecule has 0 radical (unpaired) electrons. The Labute approximate surface area is 105 Å². The molecule has 0 aromatic heterocycles. The lowest BCUT2D eigenvalue weighted by Crippen LogP contribution is -2.12. The van der Waals surface area contributed by atoms with Crippen LogP contribution in [0.2, 0.25) is 5.02 Å². The molecule has 0 heterocycles. The first-order valence-corrected chi connectivity index (χ1v) is 5.76. The normalized spacial score (nSPS) is 10.3. The Morgan fingerprint density at radius 1 is 1.50 bits per heavy atom. The minimum atomic E-state index is -0.268. The van der Waals surface area contributed by atoms with Crippen LogP contribution in [0.1, 0.15) is 13.8 Å². The van der Waals surface area contributed by atoms with Crippen LogP contribution in [0, 0.1) is 0 Å². The van der Waals surface area contributed by atoms with Crippen molar-refractivity contribution in [2.45, 2.75) is 20.0 Å². The van der Waals surface area contributed by atoms with Crippen molar-refractivity contribution in [3.05, 3.63) is 23.2 Å². The first-order valence-electron chi connectivity index (χ1n) is 4.85. The van der Waals surface area contributed by atoms with Crippen LogP contribution < -0.4 is 10.1 Å². The summed E-state index contributed by atoms with van der Waals surface area (Å²) in [6.07, 6.45) is 0.0563. The van der Waals surface area contributed by atoms with Crippen LogP contribution >= 0.6 is 23.2 Å². The Morgan fingerprint density at radius 2 is 2.19 bits per heavy atom. The van der Waals surface area contributed by atoms with Crippen LogP contribution in [0.3, 0.4) is 0 Å². The van der Waals surface area contributed by atoms with Gasteiger partial charge in [0.05, 0.1) is 11.1 Å². The van der Waals surface area contributed by atoms with Crippen molar-refractivity contribution in [1.82, 2.24) is 0 Å². The van der Waals surface area contributed by atoms with E-state index in [1.807, 2.05) is 13.8 Å². The highest BCUT2D eigenvalue weighted by Crippen LogP contribution is 2.28. The van der Waals surface area contributed by atoms with E-state index in [-0.39, 0.29) is 17.9 Å². The van der Waals surface area contributed by atoms with Crippen molar-refractivity contribution in [2.75, 3.05) is 11.2 Å². The molecule has 0 unspecified atom stereocenters. The van der Waals surface area contributed by atoms with Gasteiger partial charge in [-0.1, -0.05) is 11.6 Å². The molecule has 88 valence electrons. The second-order valence-electron chi connectivity index (χ2n) is 3.49. The van der Waals surface area contributed by atoms with Crippen molar-refractivity contribution in [1.29, 1.82) is 0 Å². The number of hydrogen-bond acceptors (Lipinski definition) is 2. The first kappa shape index (κ1) is 13.1. The average Bonchev–Trinajstić information content (AvgIpc) is 2.21. The topological polar surface area (TPSA) is 38.3 Å². The number of rotatable bonds is 4. The number of halogens is 2. The predicted octanol–water partition coefficient (Wildman–Crippen LogP) is 3.30. The van der Waals surface area contributed by atoms with Gasteiger partial charge in [0, 0.05) is 5.69 Å². The summed E-state index contributed by atoms with van der Waals surface area (Å²) < 4.78 is 5.46. The minimum absolute atomic E-state index is 0.0563. The highest BCUT2D eigenvalue weighted by atomic mass is 35.5. The van der Waals surface area contributed by atoms with E-state index in [1.54, 1.807) is 18.2 Å². The number of benzene rings is 1. The molecule has 5 heteroatoms. The molecule has 1 aromatic carbocycles. The number of ether oxygens (including phenoxy) is 1. The summed E-state index contributed by atoms with van der Waals surface area (Å²) in [6, 6.07) is 5.06. The molecule has 0 atom stereocenters. The summed E-state index contributed by atoms with van der Waals surface area (Å²) in [4.78, 5) is 11.0. The Bertz CT molecular complexity index is 380. The van der Waals surface area contributed by atoms with E-state index in [0.29, 0.717) is 16.5 Å². The quantitative estimate of drug-likeness (QED) is 0.845. The van der Waals surface area contributed by atoms with Crippen LogP contribution in [-0.2, 0) is 4.79 Å². The molecule has 0 spiro atoms. The highest BCUT2D eigenvalue weighted by Gasteiger charge is 2.06. The standard InChI is InChI=1S/C11H13Cl2NO2/c1-7(2)16-10-4-3-8(5-9(10)13)14-11(15)6-12/h3-5,7H,6H2,1-2H3,(H,14,15). The van der Waals surface area contributed by atoms with E-state index in [9.17, 15) is 4.79 Å². The molecule has 1 amide bonds. The number of alkyl halides is 1. The molecule has 16 heavy (non-hydrogen) atoms. The first-order chi connectivity index (χ1) is 7.52. The monoisotopic (exact) mass is 261 g/mol. The molecule has 0 fully saturated rings. The van der Waals surface area contributed by atoms with Crippen LogP contribution in [0.15, 0.2) is 18.2 Å². The SMILES string of the molecule is CC(C)Oc1ccc(NC(=O)CCl)cc1Cl. The van der Waals surface area contributed by atoms with E-state index in [1.165, 1.54) is 0 Å². The molecule has 0 saturated carbocycles. The van der Waals surface area contributed by atoms with Crippen molar-refractivity contribution in [3.8, 4) is 5.75 Å². The number of hydrogen-bond donors (Lipinski definition) is 1. The van der Waals surface area contributed by atoms with Gasteiger partial charge in [0.1, 0.15) is 11.6 Å². The third kappa shape index (κ3) is 3.91. The van der Waals surface area contributed by atoms with E-state index < -0.39 is 0 Å². The summed E-state index contributed by atoms with van der Waals surface area (Å²) in [6.45, 7) is 3.83. The Balaban J connectivity index is 2.78. The van der Waals surface area contributed by atoms with Gasteiger partial charge in [-0.05, 0) is 32.0 Å². The zero-order chi connectivity index (χ0) is 12.1. The van der Waals surface area contributed by atoms with Crippen molar-refractivity contribution < 1.29 is 9.53 Å². The highest BCUT2D eigenvalue weighted by molar-refractivity contribution is 6.32. The fourth-order valence-electron chi connectivity index (χ4n) is 1.12. The Kier molecular flexibility index (Phi) is 4.90. The second-order valence-corrected chi connectivity index (χ2v) is 4.17. The van der Waals surface area contributed by atoms with Gasteiger partial charge in [0.25, 0.3) is 0 Å². The summed E-state index contributed by atoms with van der Waals surface area (Å²) in [7, 11) is 0. The fraction of sp³-hybridized carbons (Fsp3) is 0.364. The lowest BCUT2D eigenvalue weighted by atomic mass is 10.3. The van der Waals surface area contributed by atoms with E-state index in [4.69, 9.17) is 27.9 Å². The molecule has 0 aliphatic carbocycles. The van der Waals surface area contributed by atoms with Gasteiger partial charge in [0.2, 0.25) is 5.91 Å². The zero-order valence-electron chi connectivity index (χ0n) is 9.09. The summed E-state index contributed by atoms with van der Waals surface area (Å²) in [5.74, 6) is 0.248. The molecule has 3 nitrogen and oxygen atoms in total. The second kappa shape index (κ2) is 5.97. The lowest BCUT2D eigenvalue weighted by Gasteiger charge is -2.12. The zero-order valence-corrected chi connectivity index (χ0v) is 10.6. The maximum Gasteiger partial charge on any atom is 0.239 e. The van der Waals surface area contributed by atoms with Crippen LogP contribution in [0.25, 0.3) is 0 Å². The van der Waals surface area contributed by atoms with Crippen molar-refractivity contribution in [3.63, 3.8) is 0 Å². The maximum absolute atomic E-state index is 11.0. The number of nitrogens with one attached hydrogen (secondary N) is 1. The summed E-state index contributed by atoms with van der Waals surface area (Å²) in [5, 5.41) is 3.06. The van der Waals surface area contributed by atoms with E-state index >= 15 is 0 Å². The Morgan fingerprint density at radius 3 is 2.69 bits per heavy atom. The molecule has 0 aliphatic rings. The van der Waals surface area contributed by atoms with E-state index in [2.05, 4.69) is 5.32 Å². The van der Waals surface area contributed by atoms with Crippen LogP contribution in [0.5, 0.6) is 5.75 Å². The molecular weight excluding hydrogens is 249 g/mol. The minimum Gasteiger partial charge on any atom is -0.489 e. The third-order valence-corrected chi connectivity index (χ3v) is 2.24. The predicted molar refractivity (Wildman–Crippen MR) is 66.6 cm³/mol. The third-order valence-electron chi connectivity index (χ3n) is 1.70. The molecule has 0 bridgehead atoms. The van der Waals surface area contributed by atoms with Gasteiger partial charge in [-0.25, -0.2) is 0 Å². The average molecular weight is 262 g/mol. The van der Waals surface area contributed by atoms with Gasteiger partial charge >= 0.3 is 0 Å². The molecule has 1 rings (SSSR count). The van der Waals surface area contributed by atoms with Crippen LogP contribution in [-0.4, -0.2) is 17.9 Å². The van der Waals surface area contributed by atoms with Crippen molar-refractivity contribution >= 4 is 34.8 Å². The number of anilines is 1. The van der Waals surface area contributed by atoms with Gasteiger partial charge in [-0.2, -0.15) is 0 Å². The maximum atomic E-state index is 11.0. The fourth-order valence-corrected chi connectivity index (χ4v) is 1.41. The lowest BCUT2D eigenvalue weighted by molar-refractivity contribution is -0.113. The molecule has 0 aliphatic heterocycles. The smallest absolute Gasteiger partial charge is 0.239 e. The van der Waals surface area contributed by atoms with Gasteiger partial charge in [-0.3, -0.25) is 4.79 Å². The van der Waals surface area contributed by atoms with Gasteiger partial charge in [0.15, 0.2) is 0 Å². The number of amides is 1. The number of carbonyl (C=O) groups excluding carboxylic acids is 1. The molecule has 1 aromatic rings. The molecule has 0 saturated heterocycles. The molecular formula is C11H13Cl2NO2. The van der Waals surface area contributed by atoms with Crippen LogP contribution in [0.4, 0.5) is 5.69 Å². The van der Waals surface area contributed by atoms with Gasteiger partial charge in [-0.15, -0.1) is 11.6 Å². The van der Waals surface area contributed by atoms with E-state index in [0.717, 1.165) is 0 Å². The largest absolute Gasteiger partial charge is 0.489 e. The summed E-state index contributed by atoms with van der Waals surface area (Å²) in [5.41, 5.74) is 0.603.